The van der Waals surface area contributed by atoms with E-state index in [1.807, 2.05) is 0 Å². The van der Waals surface area contributed by atoms with E-state index in [1.54, 1.807) is 0 Å². The molecule has 0 saturated heterocycles. The third kappa shape index (κ3) is 10.0. The molecule has 0 atom stereocenters. The highest BCUT2D eigenvalue weighted by atomic mass is 28.3. The maximum atomic E-state index is 5.38. The lowest BCUT2D eigenvalue weighted by Gasteiger charge is -2.22. The van der Waals surface area contributed by atoms with E-state index in [9.17, 15) is 0 Å². The summed E-state index contributed by atoms with van der Waals surface area (Å²) in [5.74, 6) is 2.76. The van der Waals surface area contributed by atoms with E-state index >= 15 is 0 Å². The highest BCUT2D eigenvalue weighted by molar-refractivity contribution is 6.76. The Kier molecular flexibility index (Phi) is 7.82. The van der Waals surface area contributed by atoms with Gasteiger partial charge in [0, 0.05) is 8.07 Å². The van der Waals surface area contributed by atoms with E-state index in [-0.39, 0.29) is 0 Å². The predicted octanol–water partition coefficient (Wildman–Crippen LogP) is 3.45. The summed E-state index contributed by atoms with van der Waals surface area (Å²) in [5.41, 5.74) is 0. The van der Waals surface area contributed by atoms with Gasteiger partial charge in [0.25, 0.3) is 0 Å². The van der Waals surface area contributed by atoms with Crippen molar-refractivity contribution < 1.29 is 0 Å². The lowest BCUT2D eigenvalue weighted by molar-refractivity contribution is 0.302. The molecule has 0 aliphatic heterocycles. The van der Waals surface area contributed by atoms with Crippen molar-refractivity contribution in [3.8, 4) is 12.3 Å². The van der Waals surface area contributed by atoms with E-state index in [2.05, 4.69) is 37.4 Å². The van der Waals surface area contributed by atoms with Crippen LogP contribution in [0.2, 0.25) is 25.7 Å². The molecule has 0 fully saturated rings. The monoisotopic (exact) mass is 225 g/mol. The van der Waals surface area contributed by atoms with Crippen LogP contribution in [0.4, 0.5) is 0 Å². The molecule has 0 spiro atoms. The topological polar surface area (TPSA) is 3.24 Å². The van der Waals surface area contributed by atoms with Gasteiger partial charge in [-0.2, -0.15) is 0 Å². The summed E-state index contributed by atoms with van der Waals surface area (Å²) >= 11 is 0. The first-order valence-electron chi connectivity index (χ1n) is 6.15. The predicted molar refractivity (Wildman–Crippen MR) is 73.0 cm³/mol. The van der Waals surface area contributed by atoms with Crippen LogP contribution in [0.15, 0.2) is 0 Å². The summed E-state index contributed by atoms with van der Waals surface area (Å²) in [5, 5.41) is 0. The lowest BCUT2D eigenvalue weighted by atomic mass is 10.3. The van der Waals surface area contributed by atoms with Crippen molar-refractivity contribution in [1.82, 2.24) is 4.90 Å². The molecule has 0 rings (SSSR count). The van der Waals surface area contributed by atoms with Gasteiger partial charge in [-0.15, -0.1) is 6.42 Å². The van der Waals surface area contributed by atoms with Crippen molar-refractivity contribution in [2.45, 2.75) is 51.9 Å². The van der Waals surface area contributed by atoms with E-state index in [0.29, 0.717) is 0 Å². The molecule has 0 heterocycles. The van der Waals surface area contributed by atoms with Crippen LogP contribution in [0.1, 0.15) is 26.2 Å². The van der Waals surface area contributed by atoms with Crippen molar-refractivity contribution in [2.24, 2.45) is 0 Å². The average molecular weight is 225 g/mol. The molecule has 2 heteroatoms. The van der Waals surface area contributed by atoms with Gasteiger partial charge in [-0.25, -0.2) is 0 Å². The Hall–Kier alpha value is -0.263. The minimum absolute atomic E-state index is 0.825. The summed E-state index contributed by atoms with van der Waals surface area (Å²) < 4.78 is 0. The summed E-state index contributed by atoms with van der Waals surface area (Å²) in [7, 11) is -0.857. The summed E-state index contributed by atoms with van der Waals surface area (Å²) in [4.78, 5) is 2.42. The van der Waals surface area contributed by atoms with Crippen LogP contribution in [-0.4, -0.2) is 32.6 Å². The standard InChI is InChI=1S/C13H27NSi/c1-6-8-11-14(10-7-2)12-9-13-15(3,4)5/h2H,6,8-13H2,1,3-5H3. The van der Waals surface area contributed by atoms with Gasteiger partial charge in [0.15, 0.2) is 0 Å². The first kappa shape index (κ1) is 14.7. The SMILES string of the molecule is C#CCN(CCCC)CCC[Si](C)(C)C. The van der Waals surface area contributed by atoms with E-state index in [0.717, 1.165) is 6.54 Å². The number of hydrogen-bond donors (Lipinski definition) is 0. The molecule has 88 valence electrons. The van der Waals surface area contributed by atoms with Crippen molar-refractivity contribution in [1.29, 1.82) is 0 Å². The van der Waals surface area contributed by atoms with Gasteiger partial charge in [0.2, 0.25) is 0 Å². The molecule has 0 aromatic rings. The van der Waals surface area contributed by atoms with Gasteiger partial charge in [0.05, 0.1) is 6.54 Å². The zero-order valence-corrected chi connectivity index (χ0v) is 12.0. The Balaban J connectivity index is 3.71. The van der Waals surface area contributed by atoms with Gasteiger partial charge in [-0.3, -0.25) is 4.90 Å². The fraction of sp³-hybridized carbons (Fsp3) is 0.846. The van der Waals surface area contributed by atoms with Gasteiger partial charge < -0.3 is 0 Å². The molecule has 0 saturated carbocycles. The Morgan fingerprint density at radius 1 is 1.13 bits per heavy atom. The van der Waals surface area contributed by atoms with Gasteiger partial charge in [-0.05, 0) is 25.9 Å². The Bertz CT molecular complexity index is 188. The van der Waals surface area contributed by atoms with Crippen LogP contribution < -0.4 is 0 Å². The van der Waals surface area contributed by atoms with Crippen LogP contribution in [0.5, 0.6) is 0 Å². The van der Waals surface area contributed by atoms with E-state index in [4.69, 9.17) is 6.42 Å². The van der Waals surface area contributed by atoms with Crippen molar-refractivity contribution in [2.75, 3.05) is 19.6 Å². The Morgan fingerprint density at radius 2 is 1.73 bits per heavy atom. The smallest absolute Gasteiger partial charge is 0.0598 e. The third-order valence-corrected chi connectivity index (χ3v) is 4.40. The molecule has 0 aromatic carbocycles. The maximum Gasteiger partial charge on any atom is 0.0598 e. The first-order chi connectivity index (χ1) is 6.99. The third-order valence-electron chi connectivity index (χ3n) is 2.54. The number of terminal acetylenes is 1. The quantitative estimate of drug-likeness (QED) is 0.452. The van der Waals surface area contributed by atoms with Crippen molar-refractivity contribution in [3.63, 3.8) is 0 Å². The molecular formula is C13H27NSi. The summed E-state index contributed by atoms with van der Waals surface area (Å²) in [6, 6.07) is 1.42. The molecule has 0 N–H and O–H groups in total. The fourth-order valence-electron chi connectivity index (χ4n) is 1.61. The number of rotatable bonds is 8. The Labute approximate surface area is 97.3 Å². The van der Waals surface area contributed by atoms with Crippen LogP contribution in [0, 0.1) is 12.3 Å². The second-order valence-corrected chi connectivity index (χ2v) is 11.1. The van der Waals surface area contributed by atoms with Gasteiger partial charge >= 0.3 is 0 Å². The minimum Gasteiger partial charge on any atom is -0.292 e. The normalized spacial score (nSPS) is 11.7. The van der Waals surface area contributed by atoms with Crippen molar-refractivity contribution >= 4 is 8.07 Å². The number of nitrogens with zero attached hydrogens (tertiary/aromatic N) is 1. The molecule has 15 heavy (non-hydrogen) atoms. The molecule has 0 unspecified atom stereocenters. The van der Waals surface area contributed by atoms with Gasteiger partial charge in [0.1, 0.15) is 0 Å². The maximum absolute atomic E-state index is 5.38. The minimum atomic E-state index is -0.857. The first-order valence-corrected chi connectivity index (χ1v) is 9.86. The largest absolute Gasteiger partial charge is 0.292 e. The molecule has 0 bridgehead atoms. The second-order valence-electron chi connectivity index (χ2n) is 5.50. The second kappa shape index (κ2) is 7.96. The number of unbranched alkanes of at least 4 members (excludes halogenated alkanes) is 1. The average Bonchev–Trinajstić information content (AvgIpc) is 2.12. The molecule has 0 aliphatic rings. The van der Waals surface area contributed by atoms with Crippen LogP contribution in [-0.2, 0) is 0 Å². The van der Waals surface area contributed by atoms with Crippen molar-refractivity contribution in [3.05, 3.63) is 0 Å². The molecule has 1 nitrogen and oxygen atoms in total. The zero-order chi connectivity index (χ0) is 11.7. The van der Waals surface area contributed by atoms with Crippen LogP contribution >= 0.6 is 0 Å². The summed E-state index contributed by atoms with van der Waals surface area (Å²) in [6.07, 6.45) is 9.23. The highest BCUT2D eigenvalue weighted by Gasteiger charge is 2.12. The number of hydrogen-bond acceptors (Lipinski definition) is 1. The molecule has 0 radical (unpaired) electrons. The lowest BCUT2D eigenvalue weighted by Crippen LogP contribution is -2.28. The molecule has 0 aliphatic carbocycles. The van der Waals surface area contributed by atoms with E-state index < -0.39 is 8.07 Å². The van der Waals surface area contributed by atoms with Gasteiger partial charge in [-0.1, -0.05) is 45.0 Å². The Morgan fingerprint density at radius 3 is 2.20 bits per heavy atom. The highest BCUT2D eigenvalue weighted by Crippen LogP contribution is 2.11. The summed E-state index contributed by atoms with van der Waals surface area (Å²) in [6.45, 7) is 12.7. The molecule has 0 aromatic heterocycles. The van der Waals surface area contributed by atoms with Crippen LogP contribution in [0.3, 0.4) is 0 Å². The molecule has 0 amide bonds. The molecular weight excluding hydrogens is 198 g/mol. The van der Waals surface area contributed by atoms with E-state index in [1.165, 1.54) is 38.4 Å². The van der Waals surface area contributed by atoms with Crippen LogP contribution in [0.25, 0.3) is 0 Å². The fourth-order valence-corrected chi connectivity index (χ4v) is 2.83. The zero-order valence-electron chi connectivity index (χ0n) is 11.0.